The van der Waals surface area contributed by atoms with Crippen molar-refractivity contribution in [3.05, 3.63) is 42.3 Å². The Bertz CT molecular complexity index is 985. The Morgan fingerprint density at radius 3 is 2.63 bits per heavy atom. The number of nitrogens with zero attached hydrogens (tertiary/aromatic N) is 2. The lowest BCUT2D eigenvalue weighted by atomic mass is 9.95. The zero-order chi connectivity index (χ0) is 20.1. The first-order chi connectivity index (χ1) is 12.6. The zero-order valence-electron chi connectivity index (χ0n) is 15.2. The molecule has 9 heteroatoms. The number of ether oxygens (including phenoxy) is 1. The fraction of sp³-hybridized carbons (Fsp3) is 0.389. The van der Waals surface area contributed by atoms with E-state index < -0.39 is 37.9 Å². The molecule has 1 aromatic heterocycles. The van der Waals surface area contributed by atoms with Crippen molar-refractivity contribution in [3.63, 3.8) is 0 Å². The van der Waals surface area contributed by atoms with Gasteiger partial charge in [0.25, 0.3) is 5.91 Å². The van der Waals surface area contributed by atoms with E-state index in [0.717, 1.165) is 4.90 Å². The number of carbonyl (C=O) groups excluding carboxylic acids is 3. The number of hydrogen-bond donors (Lipinski definition) is 0. The van der Waals surface area contributed by atoms with Crippen LogP contribution in [0.1, 0.15) is 31.3 Å². The molecular formula is C18H20N2O6S. The second-order valence-corrected chi connectivity index (χ2v) is 9.54. The van der Waals surface area contributed by atoms with Gasteiger partial charge in [-0.25, -0.2) is 13.2 Å². The molecule has 0 N–H and O–H groups in total. The van der Waals surface area contributed by atoms with Crippen molar-refractivity contribution in [1.29, 1.82) is 0 Å². The van der Waals surface area contributed by atoms with Crippen molar-refractivity contribution in [2.75, 3.05) is 6.61 Å². The fourth-order valence-corrected chi connectivity index (χ4v) is 5.62. The van der Waals surface area contributed by atoms with E-state index in [0.29, 0.717) is 5.69 Å². The predicted molar refractivity (Wildman–Crippen MR) is 97.3 cm³/mol. The van der Waals surface area contributed by atoms with Crippen LogP contribution in [0.25, 0.3) is 6.08 Å². The van der Waals surface area contributed by atoms with Gasteiger partial charge < -0.3 is 9.64 Å². The number of amides is 1. The van der Waals surface area contributed by atoms with Crippen LogP contribution in [0, 0.1) is 0 Å². The highest BCUT2D eigenvalue weighted by molar-refractivity contribution is 7.94. The molecule has 2 saturated heterocycles. The molecule has 2 atom stereocenters. The van der Waals surface area contributed by atoms with E-state index in [4.69, 9.17) is 4.74 Å². The van der Waals surface area contributed by atoms with Crippen molar-refractivity contribution in [3.8, 4) is 0 Å². The van der Waals surface area contributed by atoms with E-state index in [1.165, 1.54) is 43.7 Å². The number of carbonyl (C=O) groups is 3. The van der Waals surface area contributed by atoms with Crippen molar-refractivity contribution in [2.45, 2.75) is 36.9 Å². The molecule has 2 aliphatic heterocycles. The lowest BCUT2D eigenvalue weighted by Gasteiger charge is -2.38. The Labute approximate surface area is 157 Å². The van der Waals surface area contributed by atoms with E-state index in [2.05, 4.69) is 6.58 Å². The van der Waals surface area contributed by atoms with Crippen LogP contribution in [0.4, 0.5) is 0 Å². The lowest BCUT2D eigenvalue weighted by Crippen LogP contribution is -2.59. The van der Waals surface area contributed by atoms with Gasteiger partial charge in [0.15, 0.2) is 21.3 Å². The van der Waals surface area contributed by atoms with E-state index in [9.17, 15) is 22.8 Å². The molecule has 0 aromatic carbocycles. The number of hydrogen-bond acceptors (Lipinski definition) is 6. The minimum absolute atomic E-state index is 0.0308. The summed E-state index contributed by atoms with van der Waals surface area (Å²) in [5.41, 5.74) is 0.430. The molecule has 8 nitrogen and oxygen atoms in total. The van der Waals surface area contributed by atoms with Gasteiger partial charge in [-0.1, -0.05) is 12.7 Å². The van der Waals surface area contributed by atoms with Crippen LogP contribution in [0.15, 0.2) is 36.6 Å². The monoisotopic (exact) mass is 392 g/mol. The minimum Gasteiger partial charge on any atom is -0.460 e. The van der Waals surface area contributed by atoms with Gasteiger partial charge in [0.2, 0.25) is 5.91 Å². The number of aromatic nitrogens is 1. The van der Waals surface area contributed by atoms with Crippen LogP contribution in [-0.2, 0) is 24.2 Å². The molecule has 3 rings (SSSR count). The van der Waals surface area contributed by atoms with Crippen LogP contribution >= 0.6 is 0 Å². The van der Waals surface area contributed by atoms with Crippen LogP contribution in [-0.4, -0.2) is 58.4 Å². The molecule has 1 aromatic rings. The number of esters is 1. The van der Waals surface area contributed by atoms with Crippen LogP contribution in [0.3, 0.4) is 0 Å². The lowest BCUT2D eigenvalue weighted by molar-refractivity contribution is -0.156. The highest BCUT2D eigenvalue weighted by Gasteiger charge is 2.70. The highest BCUT2D eigenvalue weighted by atomic mass is 32.2. The van der Waals surface area contributed by atoms with Crippen LogP contribution < -0.4 is 0 Å². The Balaban J connectivity index is 2.04. The van der Waals surface area contributed by atoms with Crippen molar-refractivity contribution >= 4 is 33.7 Å². The van der Waals surface area contributed by atoms with Crippen molar-refractivity contribution < 1.29 is 27.5 Å². The van der Waals surface area contributed by atoms with Gasteiger partial charge in [0.1, 0.15) is 11.4 Å². The van der Waals surface area contributed by atoms with Gasteiger partial charge >= 0.3 is 5.97 Å². The molecule has 2 aliphatic rings. The van der Waals surface area contributed by atoms with Gasteiger partial charge in [-0.05, 0) is 32.1 Å². The summed E-state index contributed by atoms with van der Waals surface area (Å²) in [7, 11) is -3.89. The quantitative estimate of drug-likeness (QED) is 0.328. The van der Waals surface area contributed by atoms with E-state index in [1.54, 1.807) is 12.1 Å². The molecule has 2 fully saturated rings. The molecule has 0 unspecified atom stereocenters. The fourth-order valence-electron chi connectivity index (χ4n) is 3.50. The van der Waals surface area contributed by atoms with Crippen LogP contribution in [0.5, 0.6) is 0 Å². The summed E-state index contributed by atoms with van der Waals surface area (Å²) in [5, 5.41) is -1.24. The van der Waals surface area contributed by atoms with Gasteiger partial charge in [-0.3, -0.25) is 14.2 Å². The van der Waals surface area contributed by atoms with Gasteiger partial charge in [-0.2, -0.15) is 0 Å². The summed E-state index contributed by atoms with van der Waals surface area (Å²) in [4.78, 5) is 37.8. The van der Waals surface area contributed by atoms with Crippen molar-refractivity contribution in [1.82, 2.24) is 9.47 Å². The summed E-state index contributed by atoms with van der Waals surface area (Å²) in [6.45, 7) is 7.54. The first kappa shape index (κ1) is 19.1. The van der Waals surface area contributed by atoms with Gasteiger partial charge in [-0.15, -0.1) is 0 Å². The zero-order valence-corrected chi connectivity index (χ0v) is 16.0. The molecule has 0 spiro atoms. The third-order valence-electron chi connectivity index (χ3n) is 4.95. The standard InChI is InChI=1S/C18H20N2O6S/c1-5-9-26-17(23)14-18(3,4)27(24,25)16-13(15(22)20(14)16)10-12-7-6-8-19(12)11(2)21/h5-8,10,14,16H,1,9H2,2-4H3/b13-10-/t14-,16+/m0/s1. The van der Waals surface area contributed by atoms with E-state index in [-0.39, 0.29) is 18.1 Å². The topological polar surface area (TPSA) is 103 Å². The summed E-state index contributed by atoms with van der Waals surface area (Å²) in [6.07, 6.45) is 4.28. The number of sulfone groups is 1. The van der Waals surface area contributed by atoms with E-state index in [1.807, 2.05) is 0 Å². The number of β-lactam (4-membered cyclic amide) rings is 1. The summed E-state index contributed by atoms with van der Waals surface area (Å²) in [5.74, 6) is -1.62. The first-order valence-corrected chi connectivity index (χ1v) is 9.84. The average Bonchev–Trinajstić information content (AvgIpc) is 3.10. The summed E-state index contributed by atoms with van der Waals surface area (Å²) >= 11 is 0. The average molecular weight is 392 g/mol. The predicted octanol–water partition coefficient (Wildman–Crippen LogP) is 1.00. The molecule has 0 aliphatic carbocycles. The van der Waals surface area contributed by atoms with E-state index >= 15 is 0 Å². The minimum atomic E-state index is -3.89. The maximum absolute atomic E-state index is 13.0. The maximum Gasteiger partial charge on any atom is 0.330 e. The Morgan fingerprint density at radius 1 is 1.37 bits per heavy atom. The largest absolute Gasteiger partial charge is 0.460 e. The normalized spacial score (nSPS) is 26.4. The molecule has 0 saturated carbocycles. The second-order valence-electron chi connectivity index (χ2n) is 6.96. The first-order valence-electron chi connectivity index (χ1n) is 8.29. The SMILES string of the molecule is C=CCOC(=O)[C@@H]1N2C(=O)/C(=C/c3cccn3C(C)=O)[C@H]2S(=O)(=O)C1(C)C. The molecule has 0 bridgehead atoms. The Morgan fingerprint density at radius 2 is 2.04 bits per heavy atom. The number of fused-ring (bicyclic) bond motifs is 1. The molecule has 3 heterocycles. The molecule has 1 amide bonds. The third kappa shape index (κ3) is 2.56. The Hall–Kier alpha value is -2.68. The van der Waals surface area contributed by atoms with Gasteiger partial charge in [0, 0.05) is 18.8 Å². The summed E-state index contributed by atoms with van der Waals surface area (Å²) < 4.78 is 30.9. The number of rotatable bonds is 4. The third-order valence-corrected chi connectivity index (χ3v) is 7.71. The Kier molecular flexibility index (Phi) is 4.38. The molecule has 27 heavy (non-hydrogen) atoms. The molecular weight excluding hydrogens is 372 g/mol. The molecule has 144 valence electrons. The highest BCUT2D eigenvalue weighted by Crippen LogP contribution is 2.49. The maximum atomic E-state index is 13.0. The second kappa shape index (κ2) is 6.19. The van der Waals surface area contributed by atoms with Crippen molar-refractivity contribution in [2.24, 2.45) is 0 Å². The smallest absolute Gasteiger partial charge is 0.330 e. The summed E-state index contributed by atoms with van der Waals surface area (Å²) in [6, 6.07) is 1.99. The van der Waals surface area contributed by atoms with Gasteiger partial charge in [0.05, 0.1) is 5.57 Å². The van der Waals surface area contributed by atoms with Crippen LogP contribution in [0.2, 0.25) is 0 Å². The molecule has 0 radical (unpaired) electrons.